The lowest BCUT2D eigenvalue weighted by molar-refractivity contribution is 0.141. The highest BCUT2D eigenvalue weighted by Crippen LogP contribution is 2.29. The lowest BCUT2D eigenvalue weighted by Gasteiger charge is -2.07. The predicted octanol–water partition coefficient (Wildman–Crippen LogP) is 3.59. The number of nitrogens with zero attached hydrogens (tertiary/aromatic N) is 3. The standard InChI is InChI=1S/C14H14N4O.C2H5ClO.C2H6/c15-14-12-13(9-3-1-2-4-10(9)16-14)18-6-8-19-7-5-11(18)17-12;1-4-2-3;1-2/h1-4H,5-8H2,(H2,15,16);2H2,1H3;1-2H3. The van der Waals surface area contributed by atoms with E-state index in [9.17, 15) is 0 Å². The number of nitrogens with two attached hydrogens (primary N) is 1. The second-order valence-electron chi connectivity index (χ2n) is 5.15. The summed E-state index contributed by atoms with van der Waals surface area (Å²) in [5.74, 6) is 1.55. The van der Waals surface area contributed by atoms with Crippen LogP contribution in [0.15, 0.2) is 24.3 Å². The normalized spacial score (nSPS) is 13.3. The molecule has 1 aliphatic heterocycles. The van der Waals surface area contributed by atoms with Crippen LogP contribution in [0.5, 0.6) is 0 Å². The third kappa shape index (κ3) is 4.21. The molecule has 0 saturated heterocycles. The molecule has 25 heavy (non-hydrogen) atoms. The number of fused-ring (bicyclic) bond motifs is 5. The Hall–Kier alpha value is -1.89. The molecule has 4 rings (SSSR count). The summed E-state index contributed by atoms with van der Waals surface area (Å²) in [6.07, 6.45) is 0.822. The Morgan fingerprint density at radius 1 is 1.24 bits per heavy atom. The molecule has 1 aliphatic rings. The van der Waals surface area contributed by atoms with E-state index in [0.29, 0.717) is 18.5 Å². The van der Waals surface area contributed by atoms with Crippen molar-refractivity contribution in [3.8, 4) is 0 Å². The Balaban J connectivity index is 0.000000334. The third-order valence-electron chi connectivity index (χ3n) is 3.73. The fourth-order valence-corrected chi connectivity index (χ4v) is 2.76. The Morgan fingerprint density at radius 3 is 2.68 bits per heavy atom. The van der Waals surface area contributed by atoms with E-state index >= 15 is 0 Å². The minimum Gasteiger partial charge on any atom is -0.382 e. The number of para-hydroxylation sites is 1. The second-order valence-corrected chi connectivity index (χ2v) is 5.37. The van der Waals surface area contributed by atoms with E-state index in [4.69, 9.17) is 22.1 Å². The van der Waals surface area contributed by atoms with E-state index in [1.165, 1.54) is 0 Å². The fourth-order valence-electron chi connectivity index (χ4n) is 2.76. The van der Waals surface area contributed by atoms with E-state index < -0.39 is 0 Å². The topological polar surface area (TPSA) is 75.2 Å². The average molecular weight is 365 g/mol. The smallest absolute Gasteiger partial charge is 0.152 e. The molecule has 2 N–H and O–H groups in total. The van der Waals surface area contributed by atoms with Crippen LogP contribution in [0.2, 0.25) is 0 Å². The summed E-state index contributed by atoms with van der Waals surface area (Å²) in [5.41, 5.74) is 8.87. The van der Waals surface area contributed by atoms with Crippen molar-refractivity contribution in [1.82, 2.24) is 14.5 Å². The molecule has 0 fully saturated rings. The molecule has 0 saturated carbocycles. The Kier molecular flexibility index (Phi) is 7.43. The van der Waals surface area contributed by atoms with E-state index in [1.807, 2.05) is 32.0 Å². The van der Waals surface area contributed by atoms with Gasteiger partial charge in [-0.05, 0) is 6.07 Å². The summed E-state index contributed by atoms with van der Waals surface area (Å²) in [7, 11) is 1.55. The van der Waals surface area contributed by atoms with Crippen molar-refractivity contribution in [3.63, 3.8) is 0 Å². The third-order valence-corrected chi connectivity index (χ3v) is 3.95. The van der Waals surface area contributed by atoms with Gasteiger partial charge < -0.3 is 19.8 Å². The Morgan fingerprint density at radius 2 is 1.96 bits per heavy atom. The van der Waals surface area contributed by atoms with E-state index in [2.05, 4.69) is 25.3 Å². The number of hydrogen-bond donors (Lipinski definition) is 1. The van der Waals surface area contributed by atoms with Crippen molar-refractivity contribution in [2.75, 3.05) is 32.1 Å². The summed E-state index contributed by atoms with van der Waals surface area (Å²) < 4.78 is 12.1. The van der Waals surface area contributed by atoms with Crippen LogP contribution in [0.4, 0.5) is 5.82 Å². The highest BCUT2D eigenvalue weighted by atomic mass is 35.5. The van der Waals surface area contributed by atoms with Crippen LogP contribution < -0.4 is 5.73 Å². The highest BCUT2D eigenvalue weighted by molar-refractivity contribution is 6.17. The molecule has 1 aromatic carbocycles. The van der Waals surface area contributed by atoms with Crippen LogP contribution in [-0.2, 0) is 22.4 Å². The van der Waals surface area contributed by atoms with Crippen molar-refractivity contribution in [1.29, 1.82) is 0 Å². The number of ether oxygens (including phenoxy) is 2. The van der Waals surface area contributed by atoms with E-state index in [0.717, 1.165) is 47.3 Å². The summed E-state index contributed by atoms with van der Waals surface area (Å²) in [6.45, 7) is 6.25. The van der Waals surface area contributed by atoms with Crippen LogP contribution >= 0.6 is 11.6 Å². The second kappa shape index (κ2) is 9.56. The largest absolute Gasteiger partial charge is 0.382 e. The number of rotatable bonds is 1. The van der Waals surface area contributed by atoms with Crippen LogP contribution in [0.1, 0.15) is 19.7 Å². The summed E-state index contributed by atoms with van der Waals surface area (Å²) >= 11 is 4.96. The van der Waals surface area contributed by atoms with Crippen LogP contribution in [0.3, 0.4) is 0 Å². The number of nitrogen functional groups attached to an aromatic ring is 1. The maximum absolute atomic E-state index is 6.06. The number of benzene rings is 1. The first-order valence-electron chi connectivity index (χ1n) is 8.42. The molecule has 6 nitrogen and oxygen atoms in total. The molecule has 3 heterocycles. The number of halogens is 1. The molecule has 0 atom stereocenters. The van der Waals surface area contributed by atoms with Crippen LogP contribution in [0, 0.1) is 0 Å². The average Bonchev–Trinajstić information content (AvgIpc) is 2.88. The van der Waals surface area contributed by atoms with Gasteiger partial charge in [0, 0.05) is 25.5 Å². The van der Waals surface area contributed by atoms with E-state index in [-0.39, 0.29) is 0 Å². The number of aromatic nitrogens is 3. The van der Waals surface area contributed by atoms with Crippen molar-refractivity contribution >= 4 is 39.4 Å². The van der Waals surface area contributed by atoms with Crippen LogP contribution in [0.25, 0.3) is 21.9 Å². The van der Waals surface area contributed by atoms with Gasteiger partial charge in [0.1, 0.15) is 17.4 Å². The first-order chi connectivity index (χ1) is 12.3. The lowest BCUT2D eigenvalue weighted by atomic mass is 10.2. The van der Waals surface area contributed by atoms with Gasteiger partial charge in [0.15, 0.2) is 5.82 Å². The summed E-state index contributed by atoms with van der Waals surface area (Å²) in [6, 6.07) is 8.35. The van der Waals surface area contributed by atoms with Gasteiger partial charge in [0.2, 0.25) is 0 Å². The number of anilines is 1. The number of alkyl halides is 1. The quantitative estimate of drug-likeness (QED) is 0.668. The maximum Gasteiger partial charge on any atom is 0.152 e. The monoisotopic (exact) mass is 364 g/mol. The van der Waals surface area contributed by atoms with Gasteiger partial charge in [0.25, 0.3) is 0 Å². The van der Waals surface area contributed by atoms with Crippen molar-refractivity contribution in [3.05, 3.63) is 30.1 Å². The Bertz CT molecular complexity index is 818. The molecular formula is C18H25ClN4O2. The molecule has 2 aromatic heterocycles. The zero-order valence-electron chi connectivity index (χ0n) is 15.0. The van der Waals surface area contributed by atoms with Gasteiger partial charge in [-0.15, -0.1) is 0 Å². The molecule has 3 aromatic rings. The molecule has 7 heteroatoms. The van der Waals surface area contributed by atoms with Crippen molar-refractivity contribution in [2.24, 2.45) is 0 Å². The SMILES string of the molecule is CC.COCCl.Nc1nc2ccccc2c2c1nc1n2CCOCC1. The Labute approximate surface area is 152 Å². The number of imidazole rings is 1. The van der Waals surface area contributed by atoms with E-state index in [1.54, 1.807) is 7.11 Å². The zero-order chi connectivity index (χ0) is 18.2. The fraction of sp³-hybridized carbons (Fsp3) is 0.444. The van der Waals surface area contributed by atoms with Crippen molar-refractivity contribution in [2.45, 2.75) is 26.8 Å². The molecular weight excluding hydrogens is 340 g/mol. The maximum atomic E-state index is 6.06. The highest BCUT2D eigenvalue weighted by Gasteiger charge is 2.18. The summed E-state index contributed by atoms with van der Waals surface area (Å²) in [5, 5.41) is 1.10. The van der Waals surface area contributed by atoms with Gasteiger partial charge in [-0.1, -0.05) is 43.6 Å². The van der Waals surface area contributed by atoms with Gasteiger partial charge in [-0.3, -0.25) is 0 Å². The van der Waals surface area contributed by atoms with Gasteiger partial charge in [-0.25, -0.2) is 9.97 Å². The number of methoxy groups -OCH3 is 1. The first-order valence-corrected chi connectivity index (χ1v) is 8.95. The minimum atomic E-state index is 0.292. The van der Waals surface area contributed by atoms with Crippen LogP contribution in [-0.4, -0.2) is 40.9 Å². The lowest BCUT2D eigenvalue weighted by Crippen LogP contribution is -2.04. The molecule has 136 valence electrons. The minimum absolute atomic E-state index is 0.292. The number of pyridine rings is 1. The molecule has 0 bridgehead atoms. The summed E-state index contributed by atoms with van der Waals surface area (Å²) in [4.78, 5) is 9.10. The van der Waals surface area contributed by atoms with Gasteiger partial charge in [0.05, 0.1) is 24.2 Å². The number of hydrogen-bond acceptors (Lipinski definition) is 5. The first kappa shape index (κ1) is 19.4. The molecule has 0 spiro atoms. The predicted molar refractivity (Wildman–Crippen MR) is 103 cm³/mol. The molecule has 0 aliphatic carbocycles. The molecule has 0 radical (unpaired) electrons. The van der Waals surface area contributed by atoms with Crippen molar-refractivity contribution < 1.29 is 9.47 Å². The van der Waals surface area contributed by atoms with Gasteiger partial charge >= 0.3 is 0 Å². The zero-order valence-corrected chi connectivity index (χ0v) is 15.7. The molecule has 0 unspecified atom stereocenters. The molecule has 0 amide bonds. The van der Waals surface area contributed by atoms with Gasteiger partial charge in [-0.2, -0.15) is 0 Å².